The number of fused-ring (bicyclic) bond motifs is 3. The Kier molecular flexibility index (Phi) is 3.56. The number of rotatable bonds is 3. The van der Waals surface area contributed by atoms with Crippen molar-refractivity contribution < 1.29 is 0 Å². The second-order valence-corrected chi connectivity index (χ2v) is 7.60. The summed E-state index contributed by atoms with van der Waals surface area (Å²) in [6.07, 6.45) is 5.26. The molecule has 0 amide bonds. The molecule has 2 aromatic rings. The summed E-state index contributed by atoms with van der Waals surface area (Å²) in [5.41, 5.74) is 4.38. The zero-order valence-corrected chi connectivity index (χ0v) is 13.3. The lowest BCUT2D eigenvalue weighted by molar-refractivity contribution is 0.339. The summed E-state index contributed by atoms with van der Waals surface area (Å²) >= 11 is 1.75. The summed E-state index contributed by atoms with van der Waals surface area (Å²) in [6, 6.07) is 9.71. The first-order valence-electron chi connectivity index (χ1n) is 8.01. The Balaban J connectivity index is 1.50. The summed E-state index contributed by atoms with van der Waals surface area (Å²) in [5, 5.41) is 7.19. The van der Waals surface area contributed by atoms with Gasteiger partial charge in [0.05, 0.1) is 10.7 Å². The maximum absolute atomic E-state index is 4.58. The van der Waals surface area contributed by atoms with E-state index in [1.54, 1.807) is 22.5 Å². The van der Waals surface area contributed by atoms with Gasteiger partial charge in [0, 0.05) is 18.0 Å². The molecule has 1 aromatic carbocycles. The SMILES string of the molecule is Cc1nc(CNC2C3CCC2Cc2ccccc2C3)cs1. The van der Waals surface area contributed by atoms with Crippen LogP contribution in [0.2, 0.25) is 0 Å². The highest BCUT2D eigenvalue weighted by Gasteiger charge is 2.38. The number of hydrogen-bond donors (Lipinski definition) is 1. The molecule has 4 rings (SSSR count). The minimum Gasteiger partial charge on any atom is -0.308 e. The van der Waals surface area contributed by atoms with E-state index in [-0.39, 0.29) is 0 Å². The standard InChI is InChI=1S/C18H22N2S/c1-12-20-17(11-21-12)10-19-18-15-6-7-16(18)9-14-5-3-2-4-13(14)8-15/h2-5,11,15-16,18-19H,6-10H2,1H3. The Morgan fingerprint density at radius 2 is 1.81 bits per heavy atom. The Hall–Kier alpha value is -1.19. The van der Waals surface area contributed by atoms with E-state index in [1.165, 1.54) is 36.4 Å². The molecule has 3 heteroatoms. The summed E-state index contributed by atoms with van der Waals surface area (Å²) in [4.78, 5) is 4.58. The monoisotopic (exact) mass is 298 g/mol. The molecule has 0 saturated heterocycles. The highest BCUT2D eigenvalue weighted by Crippen LogP contribution is 2.40. The fourth-order valence-electron chi connectivity index (χ4n) is 4.20. The topological polar surface area (TPSA) is 24.9 Å². The molecule has 1 fully saturated rings. The van der Waals surface area contributed by atoms with E-state index in [2.05, 4.69) is 46.9 Å². The van der Waals surface area contributed by atoms with E-state index in [4.69, 9.17) is 0 Å². The molecule has 1 heterocycles. The Morgan fingerprint density at radius 1 is 1.14 bits per heavy atom. The van der Waals surface area contributed by atoms with Gasteiger partial charge in [0.15, 0.2) is 0 Å². The van der Waals surface area contributed by atoms with Gasteiger partial charge in [-0.15, -0.1) is 11.3 Å². The first-order chi connectivity index (χ1) is 10.3. The molecule has 2 unspecified atom stereocenters. The second kappa shape index (κ2) is 5.54. The van der Waals surface area contributed by atoms with Crippen LogP contribution in [-0.4, -0.2) is 11.0 Å². The third kappa shape index (κ3) is 2.65. The van der Waals surface area contributed by atoms with Crippen LogP contribution in [0.5, 0.6) is 0 Å². The lowest BCUT2D eigenvalue weighted by atomic mass is 9.94. The third-order valence-electron chi connectivity index (χ3n) is 5.19. The lowest BCUT2D eigenvalue weighted by Gasteiger charge is -2.23. The van der Waals surface area contributed by atoms with Gasteiger partial charge in [-0.25, -0.2) is 4.98 Å². The van der Waals surface area contributed by atoms with E-state index in [9.17, 15) is 0 Å². The van der Waals surface area contributed by atoms with Gasteiger partial charge in [-0.2, -0.15) is 0 Å². The zero-order chi connectivity index (χ0) is 14.2. The second-order valence-electron chi connectivity index (χ2n) is 6.54. The van der Waals surface area contributed by atoms with Crippen LogP contribution in [0.25, 0.3) is 0 Å². The maximum atomic E-state index is 4.58. The molecular formula is C18H22N2S. The van der Waals surface area contributed by atoms with Gasteiger partial charge in [0.2, 0.25) is 0 Å². The van der Waals surface area contributed by atoms with Crippen LogP contribution < -0.4 is 5.32 Å². The summed E-state index contributed by atoms with van der Waals surface area (Å²) in [7, 11) is 0. The van der Waals surface area contributed by atoms with Gasteiger partial charge in [-0.3, -0.25) is 0 Å². The van der Waals surface area contributed by atoms with Crippen LogP contribution in [0, 0.1) is 18.8 Å². The molecule has 1 saturated carbocycles. The smallest absolute Gasteiger partial charge is 0.0897 e. The Morgan fingerprint density at radius 3 is 2.38 bits per heavy atom. The number of thiazole rings is 1. The number of nitrogens with one attached hydrogen (secondary N) is 1. The number of hydrogen-bond acceptors (Lipinski definition) is 3. The molecule has 2 atom stereocenters. The normalized spacial score (nSPS) is 27.4. The predicted molar refractivity (Wildman–Crippen MR) is 87.5 cm³/mol. The average molecular weight is 298 g/mol. The van der Waals surface area contributed by atoms with Crippen molar-refractivity contribution >= 4 is 11.3 Å². The fourth-order valence-corrected chi connectivity index (χ4v) is 4.81. The van der Waals surface area contributed by atoms with E-state index in [0.717, 1.165) is 18.4 Å². The van der Waals surface area contributed by atoms with E-state index < -0.39 is 0 Å². The van der Waals surface area contributed by atoms with Crippen molar-refractivity contribution in [1.82, 2.24) is 10.3 Å². The minimum atomic E-state index is 0.666. The number of benzene rings is 1. The van der Waals surface area contributed by atoms with Gasteiger partial charge in [0.25, 0.3) is 0 Å². The summed E-state index contributed by atoms with van der Waals surface area (Å²) < 4.78 is 0. The number of aromatic nitrogens is 1. The molecule has 21 heavy (non-hydrogen) atoms. The van der Waals surface area contributed by atoms with Crippen LogP contribution in [0.3, 0.4) is 0 Å². The largest absolute Gasteiger partial charge is 0.308 e. The van der Waals surface area contributed by atoms with Gasteiger partial charge >= 0.3 is 0 Å². The van der Waals surface area contributed by atoms with Crippen molar-refractivity contribution in [2.45, 2.75) is 45.2 Å². The lowest BCUT2D eigenvalue weighted by Crippen LogP contribution is -2.37. The van der Waals surface area contributed by atoms with Crippen molar-refractivity contribution in [2.24, 2.45) is 11.8 Å². The molecular weight excluding hydrogens is 276 g/mol. The quantitative estimate of drug-likeness (QED) is 0.934. The third-order valence-corrected chi connectivity index (χ3v) is 6.01. The zero-order valence-electron chi connectivity index (χ0n) is 12.5. The fraction of sp³-hybridized carbons (Fsp3) is 0.500. The van der Waals surface area contributed by atoms with E-state index >= 15 is 0 Å². The minimum absolute atomic E-state index is 0.666. The van der Waals surface area contributed by atoms with Crippen LogP contribution in [0.4, 0.5) is 0 Å². The van der Waals surface area contributed by atoms with Crippen LogP contribution >= 0.6 is 11.3 Å². The molecule has 2 nitrogen and oxygen atoms in total. The molecule has 0 aliphatic heterocycles. The van der Waals surface area contributed by atoms with Crippen molar-refractivity contribution in [3.8, 4) is 0 Å². The molecule has 1 N–H and O–H groups in total. The summed E-state index contributed by atoms with van der Waals surface area (Å²) in [5.74, 6) is 1.61. The highest BCUT2D eigenvalue weighted by atomic mass is 32.1. The molecule has 2 aliphatic rings. The van der Waals surface area contributed by atoms with Gasteiger partial charge in [-0.1, -0.05) is 24.3 Å². The van der Waals surface area contributed by atoms with Crippen LogP contribution in [0.1, 0.15) is 34.7 Å². The first-order valence-corrected chi connectivity index (χ1v) is 8.89. The average Bonchev–Trinajstić information content (AvgIpc) is 2.99. The van der Waals surface area contributed by atoms with Gasteiger partial charge in [-0.05, 0) is 55.6 Å². The van der Waals surface area contributed by atoms with Crippen LogP contribution in [0.15, 0.2) is 29.6 Å². The number of nitrogens with zero attached hydrogens (tertiary/aromatic N) is 1. The number of aryl methyl sites for hydroxylation is 1. The highest BCUT2D eigenvalue weighted by molar-refractivity contribution is 7.09. The van der Waals surface area contributed by atoms with E-state index in [0.29, 0.717) is 6.04 Å². The molecule has 2 aliphatic carbocycles. The van der Waals surface area contributed by atoms with Crippen molar-refractivity contribution in [2.75, 3.05) is 0 Å². The Labute approximate surface area is 130 Å². The Bertz CT molecular complexity index is 601. The molecule has 0 radical (unpaired) electrons. The predicted octanol–water partition coefficient (Wildman–Crippen LogP) is 3.73. The van der Waals surface area contributed by atoms with Crippen molar-refractivity contribution in [3.63, 3.8) is 0 Å². The molecule has 1 aromatic heterocycles. The first kappa shape index (κ1) is 13.5. The van der Waals surface area contributed by atoms with Crippen molar-refractivity contribution in [1.29, 1.82) is 0 Å². The van der Waals surface area contributed by atoms with Crippen molar-refractivity contribution in [3.05, 3.63) is 51.5 Å². The van der Waals surface area contributed by atoms with E-state index in [1.807, 2.05) is 0 Å². The summed E-state index contributed by atoms with van der Waals surface area (Å²) in [6.45, 7) is 3.01. The molecule has 0 spiro atoms. The van der Waals surface area contributed by atoms with Crippen LogP contribution in [-0.2, 0) is 19.4 Å². The molecule has 110 valence electrons. The molecule has 2 bridgehead atoms. The van der Waals surface area contributed by atoms with Gasteiger partial charge in [0.1, 0.15) is 0 Å². The van der Waals surface area contributed by atoms with Gasteiger partial charge < -0.3 is 5.32 Å². The maximum Gasteiger partial charge on any atom is 0.0897 e.